The molecule has 2 aromatic carbocycles. The van der Waals surface area contributed by atoms with Crippen molar-refractivity contribution in [3.8, 4) is 11.6 Å². The number of carbonyl (C=O) groups excluding carboxylic acids is 1. The van der Waals surface area contributed by atoms with Gasteiger partial charge in [-0.2, -0.15) is 0 Å². The summed E-state index contributed by atoms with van der Waals surface area (Å²) in [5.74, 6) is 0.272. The van der Waals surface area contributed by atoms with E-state index in [0.29, 0.717) is 36.1 Å². The lowest BCUT2D eigenvalue weighted by Gasteiger charge is -2.33. The van der Waals surface area contributed by atoms with E-state index in [9.17, 15) is 18.0 Å². The standard InChI is InChI=1S/C27H25Cl2N5O6S/c1-32-23-6-3-19(12-17(23)13-24(32)26(35)33-8-10-34(11-9-33)27(36)37)40-25-7-2-18(15-30-25)31-16-41(38,39)20-4-5-21(28)22(29)14-20/h2-7,12-15,31H,8-11,16H2,1H3,(H,36,37). The zero-order valence-corrected chi connectivity index (χ0v) is 24.1. The monoisotopic (exact) mass is 617 g/mol. The molecule has 1 fully saturated rings. The van der Waals surface area contributed by atoms with Crippen LogP contribution in [0.25, 0.3) is 10.9 Å². The van der Waals surface area contributed by atoms with Crippen molar-refractivity contribution in [2.24, 2.45) is 7.05 Å². The van der Waals surface area contributed by atoms with Crippen LogP contribution in [0.2, 0.25) is 10.0 Å². The van der Waals surface area contributed by atoms with Gasteiger partial charge in [0.15, 0.2) is 9.84 Å². The van der Waals surface area contributed by atoms with E-state index in [1.807, 2.05) is 6.07 Å². The van der Waals surface area contributed by atoms with Crippen LogP contribution in [0.15, 0.2) is 65.7 Å². The van der Waals surface area contributed by atoms with E-state index in [1.54, 1.807) is 46.8 Å². The summed E-state index contributed by atoms with van der Waals surface area (Å²) in [7, 11) is -1.86. The van der Waals surface area contributed by atoms with E-state index in [2.05, 4.69) is 10.3 Å². The number of sulfone groups is 1. The molecule has 2 amide bonds. The minimum absolute atomic E-state index is 0.0502. The lowest BCUT2D eigenvalue weighted by Crippen LogP contribution is -2.50. The number of carboxylic acid groups (broad SMARTS) is 1. The molecule has 2 N–H and O–H groups in total. The van der Waals surface area contributed by atoms with E-state index in [0.717, 1.165) is 10.9 Å². The highest BCUT2D eigenvalue weighted by atomic mass is 35.5. The Morgan fingerprint density at radius 2 is 1.71 bits per heavy atom. The number of anilines is 1. The molecule has 3 heterocycles. The summed E-state index contributed by atoms with van der Waals surface area (Å²) in [6.07, 6.45) is 0.476. The van der Waals surface area contributed by atoms with E-state index in [4.69, 9.17) is 33.0 Å². The normalized spacial score (nSPS) is 13.8. The van der Waals surface area contributed by atoms with Crippen molar-refractivity contribution in [2.75, 3.05) is 37.4 Å². The van der Waals surface area contributed by atoms with E-state index in [1.165, 1.54) is 29.3 Å². The number of ether oxygens (including phenoxy) is 1. The Balaban J connectivity index is 1.23. The molecule has 0 bridgehead atoms. The molecule has 0 spiro atoms. The summed E-state index contributed by atoms with van der Waals surface area (Å²) in [6, 6.07) is 14.6. The molecule has 0 aliphatic carbocycles. The predicted molar refractivity (Wildman–Crippen MR) is 155 cm³/mol. The van der Waals surface area contributed by atoms with Crippen LogP contribution < -0.4 is 10.1 Å². The number of hydrogen-bond acceptors (Lipinski definition) is 7. The molecule has 11 nitrogen and oxygen atoms in total. The van der Waals surface area contributed by atoms with Crippen LogP contribution >= 0.6 is 23.2 Å². The Morgan fingerprint density at radius 3 is 2.37 bits per heavy atom. The summed E-state index contributed by atoms with van der Waals surface area (Å²) in [4.78, 5) is 31.6. The van der Waals surface area contributed by atoms with Gasteiger partial charge in [-0.25, -0.2) is 18.2 Å². The Kier molecular flexibility index (Phi) is 7.98. The molecule has 5 rings (SSSR count). The average molecular weight is 618 g/mol. The first-order valence-corrected chi connectivity index (χ1v) is 14.8. The van der Waals surface area contributed by atoms with Gasteiger partial charge in [-0.05, 0) is 48.5 Å². The van der Waals surface area contributed by atoms with Gasteiger partial charge in [0, 0.05) is 50.2 Å². The smallest absolute Gasteiger partial charge is 0.407 e. The molecular weight excluding hydrogens is 593 g/mol. The van der Waals surface area contributed by atoms with Crippen molar-refractivity contribution in [1.82, 2.24) is 19.4 Å². The van der Waals surface area contributed by atoms with Crippen molar-refractivity contribution < 1.29 is 27.9 Å². The van der Waals surface area contributed by atoms with Crippen LogP contribution in [0.5, 0.6) is 11.6 Å². The fraction of sp³-hybridized carbons (Fsp3) is 0.222. The van der Waals surface area contributed by atoms with Gasteiger partial charge < -0.3 is 29.5 Å². The SMILES string of the molecule is Cn1c(C(=O)N2CCN(C(=O)O)CC2)cc2cc(Oc3ccc(NCS(=O)(=O)c4ccc(Cl)c(Cl)c4)cn3)ccc21. The molecule has 214 valence electrons. The van der Waals surface area contributed by atoms with Crippen molar-refractivity contribution >= 4 is 61.6 Å². The number of benzene rings is 2. The molecule has 1 saturated heterocycles. The van der Waals surface area contributed by atoms with Crippen LogP contribution in [-0.4, -0.2) is 76.9 Å². The molecule has 2 aromatic heterocycles. The highest BCUT2D eigenvalue weighted by Gasteiger charge is 2.26. The van der Waals surface area contributed by atoms with Gasteiger partial charge in [0.05, 0.1) is 26.8 Å². The van der Waals surface area contributed by atoms with Crippen LogP contribution in [0.4, 0.5) is 10.5 Å². The Labute approximate surface area is 245 Å². The minimum Gasteiger partial charge on any atom is -0.465 e. The maximum Gasteiger partial charge on any atom is 0.407 e. The Bertz CT molecular complexity index is 1740. The number of hydrogen-bond donors (Lipinski definition) is 2. The molecular formula is C27H25Cl2N5O6S. The number of piperazine rings is 1. The second-order valence-electron chi connectivity index (χ2n) is 9.37. The number of rotatable bonds is 7. The van der Waals surface area contributed by atoms with Gasteiger partial charge in [0.1, 0.15) is 17.3 Å². The van der Waals surface area contributed by atoms with Crippen LogP contribution in [0, 0.1) is 0 Å². The summed E-state index contributed by atoms with van der Waals surface area (Å²) < 4.78 is 32.9. The zero-order chi connectivity index (χ0) is 29.3. The van der Waals surface area contributed by atoms with Crippen LogP contribution in [0.1, 0.15) is 10.5 Å². The van der Waals surface area contributed by atoms with Crippen molar-refractivity contribution in [2.45, 2.75) is 4.90 Å². The number of carbonyl (C=O) groups is 2. The summed E-state index contributed by atoms with van der Waals surface area (Å²) in [6.45, 7) is 1.21. The van der Waals surface area contributed by atoms with Crippen molar-refractivity contribution in [3.63, 3.8) is 0 Å². The van der Waals surface area contributed by atoms with E-state index >= 15 is 0 Å². The highest BCUT2D eigenvalue weighted by molar-refractivity contribution is 7.91. The quantitative estimate of drug-likeness (QED) is 0.297. The predicted octanol–water partition coefficient (Wildman–Crippen LogP) is 4.95. The van der Waals surface area contributed by atoms with Gasteiger partial charge in [-0.15, -0.1) is 0 Å². The molecule has 0 radical (unpaired) electrons. The van der Waals surface area contributed by atoms with Gasteiger partial charge in [0.2, 0.25) is 5.88 Å². The first-order valence-electron chi connectivity index (χ1n) is 12.4. The van der Waals surface area contributed by atoms with Gasteiger partial charge in [-0.3, -0.25) is 4.79 Å². The first-order chi connectivity index (χ1) is 19.5. The van der Waals surface area contributed by atoms with Crippen molar-refractivity contribution in [1.29, 1.82) is 0 Å². The topological polar surface area (TPSA) is 134 Å². The summed E-state index contributed by atoms with van der Waals surface area (Å²) in [5.41, 5.74) is 1.80. The maximum atomic E-state index is 13.1. The van der Waals surface area contributed by atoms with Gasteiger partial charge in [-0.1, -0.05) is 23.2 Å². The Hall–Kier alpha value is -4.00. The number of fused-ring (bicyclic) bond motifs is 1. The molecule has 1 aliphatic rings. The van der Waals surface area contributed by atoms with E-state index < -0.39 is 15.9 Å². The lowest BCUT2D eigenvalue weighted by molar-refractivity contribution is 0.0616. The number of amides is 2. The molecule has 4 aromatic rings. The van der Waals surface area contributed by atoms with Gasteiger partial charge >= 0.3 is 6.09 Å². The van der Waals surface area contributed by atoms with E-state index in [-0.39, 0.29) is 39.8 Å². The minimum atomic E-state index is -3.67. The third-order valence-electron chi connectivity index (χ3n) is 6.75. The highest BCUT2D eigenvalue weighted by Crippen LogP contribution is 2.29. The number of halogens is 2. The number of nitrogens with one attached hydrogen (secondary N) is 1. The summed E-state index contributed by atoms with van der Waals surface area (Å²) >= 11 is 11.8. The number of aromatic nitrogens is 2. The lowest BCUT2D eigenvalue weighted by atomic mass is 10.2. The van der Waals surface area contributed by atoms with Crippen LogP contribution in [-0.2, 0) is 16.9 Å². The average Bonchev–Trinajstić information content (AvgIpc) is 3.29. The van der Waals surface area contributed by atoms with Crippen LogP contribution in [0.3, 0.4) is 0 Å². The number of aryl methyl sites for hydroxylation is 1. The molecule has 1 aliphatic heterocycles. The number of pyridine rings is 1. The molecule has 0 unspecified atom stereocenters. The third-order valence-corrected chi connectivity index (χ3v) is 8.98. The van der Waals surface area contributed by atoms with Crippen molar-refractivity contribution in [3.05, 3.63) is 76.5 Å². The largest absolute Gasteiger partial charge is 0.465 e. The zero-order valence-electron chi connectivity index (χ0n) is 21.8. The third kappa shape index (κ3) is 6.19. The fourth-order valence-corrected chi connectivity index (χ4v) is 5.92. The molecule has 41 heavy (non-hydrogen) atoms. The molecule has 14 heteroatoms. The second kappa shape index (κ2) is 11.5. The fourth-order valence-electron chi connectivity index (χ4n) is 4.46. The number of nitrogens with zero attached hydrogens (tertiary/aromatic N) is 4. The first kappa shape index (κ1) is 28.5. The second-order valence-corrected chi connectivity index (χ2v) is 12.2. The molecule has 0 saturated carbocycles. The molecule has 0 atom stereocenters. The maximum absolute atomic E-state index is 13.1. The Morgan fingerprint density at radius 1 is 0.976 bits per heavy atom. The summed E-state index contributed by atoms with van der Waals surface area (Å²) in [5, 5.41) is 13.2. The van der Waals surface area contributed by atoms with Gasteiger partial charge in [0.25, 0.3) is 5.91 Å².